The van der Waals surface area contributed by atoms with Crippen LogP contribution in [0.5, 0.6) is 5.75 Å². The lowest BCUT2D eigenvalue weighted by Crippen LogP contribution is -2.43. The largest absolute Gasteiger partial charge is 0.497 e. The molecular weight excluding hydrogens is 240 g/mol. The Morgan fingerprint density at radius 1 is 1.53 bits per heavy atom. The molecule has 1 amide bonds. The van der Waals surface area contributed by atoms with E-state index in [9.17, 15) is 4.79 Å². The number of likely N-dealkylation sites (tertiary alicyclic amines) is 1. The molecular formula is C15H22N2O2. The van der Waals surface area contributed by atoms with Crippen LogP contribution in [0.4, 0.5) is 0 Å². The van der Waals surface area contributed by atoms with Crippen molar-refractivity contribution in [3.63, 3.8) is 0 Å². The summed E-state index contributed by atoms with van der Waals surface area (Å²) in [7, 11) is 3.49. The Balaban J connectivity index is 2.20. The van der Waals surface area contributed by atoms with Crippen molar-refractivity contribution in [2.75, 3.05) is 20.7 Å². The van der Waals surface area contributed by atoms with Gasteiger partial charge in [0.1, 0.15) is 5.75 Å². The lowest BCUT2D eigenvalue weighted by molar-refractivity contribution is -0.133. The van der Waals surface area contributed by atoms with E-state index in [0.29, 0.717) is 0 Å². The summed E-state index contributed by atoms with van der Waals surface area (Å²) in [6.07, 6.45) is 2.08. The van der Waals surface area contributed by atoms with Gasteiger partial charge < -0.3 is 15.0 Å². The van der Waals surface area contributed by atoms with E-state index in [4.69, 9.17) is 4.74 Å². The monoisotopic (exact) mass is 262 g/mol. The average Bonchev–Trinajstić information content (AvgIpc) is 2.95. The number of carbonyl (C=O) groups excluding carboxylic acids is 1. The predicted octanol–water partition coefficient (Wildman–Crippen LogP) is 1.97. The Hall–Kier alpha value is -1.55. The average molecular weight is 262 g/mol. The molecule has 1 fully saturated rings. The molecule has 4 nitrogen and oxygen atoms in total. The minimum Gasteiger partial charge on any atom is -0.497 e. The Labute approximate surface area is 114 Å². The first-order valence-electron chi connectivity index (χ1n) is 6.79. The minimum atomic E-state index is -0.133. The zero-order chi connectivity index (χ0) is 13.8. The van der Waals surface area contributed by atoms with Gasteiger partial charge in [0.15, 0.2) is 0 Å². The molecule has 2 rings (SSSR count). The van der Waals surface area contributed by atoms with Crippen molar-refractivity contribution in [2.45, 2.75) is 31.8 Å². The van der Waals surface area contributed by atoms with Gasteiger partial charge in [0.25, 0.3) is 0 Å². The molecule has 1 aromatic rings. The van der Waals surface area contributed by atoms with E-state index in [-0.39, 0.29) is 18.0 Å². The zero-order valence-electron chi connectivity index (χ0n) is 11.8. The third-order valence-electron chi connectivity index (χ3n) is 3.82. The third kappa shape index (κ3) is 2.89. The first-order chi connectivity index (χ1) is 9.17. The molecule has 104 valence electrons. The molecule has 0 saturated carbocycles. The molecule has 1 aliphatic heterocycles. The second kappa shape index (κ2) is 6.06. The quantitative estimate of drug-likeness (QED) is 0.902. The first-order valence-corrected chi connectivity index (χ1v) is 6.79. The van der Waals surface area contributed by atoms with E-state index in [0.717, 1.165) is 30.7 Å². The summed E-state index contributed by atoms with van der Waals surface area (Å²) in [5.74, 6) is 1.02. The minimum absolute atomic E-state index is 0.133. The number of nitrogens with one attached hydrogen (secondary N) is 1. The van der Waals surface area contributed by atoms with Crippen LogP contribution < -0.4 is 10.1 Å². The van der Waals surface area contributed by atoms with Crippen molar-refractivity contribution in [3.8, 4) is 5.75 Å². The van der Waals surface area contributed by atoms with Gasteiger partial charge in [-0.2, -0.15) is 0 Å². The molecule has 4 heteroatoms. The van der Waals surface area contributed by atoms with E-state index in [1.807, 2.05) is 37.1 Å². The van der Waals surface area contributed by atoms with Crippen LogP contribution in [0.2, 0.25) is 0 Å². The van der Waals surface area contributed by atoms with Crippen LogP contribution in [-0.2, 0) is 4.79 Å². The van der Waals surface area contributed by atoms with Crippen molar-refractivity contribution in [3.05, 3.63) is 29.8 Å². The number of hydrogen-bond acceptors (Lipinski definition) is 3. The van der Waals surface area contributed by atoms with Crippen LogP contribution in [0.1, 0.15) is 31.4 Å². The summed E-state index contributed by atoms with van der Waals surface area (Å²) >= 11 is 0. The highest BCUT2D eigenvalue weighted by Crippen LogP contribution is 2.33. The molecule has 19 heavy (non-hydrogen) atoms. The molecule has 0 aliphatic carbocycles. The normalized spacial score (nSPS) is 20.4. The maximum absolute atomic E-state index is 12.3. The highest BCUT2D eigenvalue weighted by atomic mass is 16.5. The molecule has 0 radical (unpaired) electrons. The summed E-state index contributed by atoms with van der Waals surface area (Å²) in [5.41, 5.74) is 1.16. The number of rotatable bonds is 4. The van der Waals surface area contributed by atoms with E-state index >= 15 is 0 Å². The second-order valence-corrected chi connectivity index (χ2v) is 4.98. The molecule has 1 heterocycles. The van der Waals surface area contributed by atoms with Crippen LogP contribution in [-0.4, -0.2) is 37.6 Å². The van der Waals surface area contributed by atoms with E-state index in [2.05, 4.69) is 11.4 Å². The predicted molar refractivity (Wildman–Crippen MR) is 75.2 cm³/mol. The fourth-order valence-electron chi connectivity index (χ4n) is 2.60. The Kier molecular flexibility index (Phi) is 4.43. The summed E-state index contributed by atoms with van der Waals surface area (Å²) in [6.45, 7) is 2.75. The van der Waals surface area contributed by atoms with Gasteiger partial charge in [0, 0.05) is 6.54 Å². The van der Waals surface area contributed by atoms with Gasteiger partial charge in [-0.05, 0) is 44.5 Å². The van der Waals surface area contributed by atoms with Crippen molar-refractivity contribution in [1.29, 1.82) is 0 Å². The number of hydrogen-bond donors (Lipinski definition) is 1. The molecule has 1 N–H and O–H groups in total. The van der Waals surface area contributed by atoms with E-state index in [1.165, 1.54) is 0 Å². The number of benzene rings is 1. The molecule has 1 saturated heterocycles. The van der Waals surface area contributed by atoms with Crippen LogP contribution >= 0.6 is 0 Å². The fourth-order valence-corrected chi connectivity index (χ4v) is 2.60. The summed E-state index contributed by atoms with van der Waals surface area (Å²) in [4.78, 5) is 14.3. The molecule has 2 atom stereocenters. The summed E-state index contributed by atoms with van der Waals surface area (Å²) in [6, 6.07) is 8.06. The Morgan fingerprint density at radius 2 is 2.32 bits per heavy atom. The van der Waals surface area contributed by atoms with Crippen molar-refractivity contribution in [1.82, 2.24) is 10.2 Å². The van der Waals surface area contributed by atoms with E-state index in [1.54, 1.807) is 7.11 Å². The van der Waals surface area contributed by atoms with Gasteiger partial charge >= 0.3 is 0 Å². The number of carbonyl (C=O) groups is 1. The van der Waals surface area contributed by atoms with Crippen molar-refractivity contribution in [2.24, 2.45) is 0 Å². The number of ether oxygens (including phenoxy) is 1. The van der Waals surface area contributed by atoms with Crippen LogP contribution in [0, 0.1) is 0 Å². The SMILES string of the molecule is CNC(C)C(=O)N1CCCC1c1cccc(OC)c1. The second-order valence-electron chi connectivity index (χ2n) is 4.98. The Morgan fingerprint density at radius 3 is 3.00 bits per heavy atom. The lowest BCUT2D eigenvalue weighted by Gasteiger charge is -2.28. The van der Waals surface area contributed by atoms with Crippen LogP contribution in [0.3, 0.4) is 0 Å². The first kappa shape index (κ1) is 13.9. The molecule has 2 unspecified atom stereocenters. The molecule has 0 bridgehead atoms. The van der Waals surface area contributed by atoms with Gasteiger partial charge in [-0.15, -0.1) is 0 Å². The van der Waals surface area contributed by atoms with Gasteiger partial charge in [-0.1, -0.05) is 12.1 Å². The van der Waals surface area contributed by atoms with E-state index < -0.39 is 0 Å². The number of likely N-dealkylation sites (N-methyl/N-ethyl adjacent to an activating group) is 1. The fraction of sp³-hybridized carbons (Fsp3) is 0.533. The molecule has 0 aromatic heterocycles. The lowest BCUT2D eigenvalue weighted by atomic mass is 10.0. The van der Waals surface area contributed by atoms with Crippen LogP contribution in [0.15, 0.2) is 24.3 Å². The number of amides is 1. The van der Waals surface area contributed by atoms with Gasteiger partial charge in [0.2, 0.25) is 5.91 Å². The smallest absolute Gasteiger partial charge is 0.239 e. The summed E-state index contributed by atoms with van der Waals surface area (Å²) < 4.78 is 5.26. The number of methoxy groups -OCH3 is 1. The standard InChI is InChI=1S/C15H22N2O2/c1-11(16-2)15(18)17-9-5-8-14(17)12-6-4-7-13(10-12)19-3/h4,6-7,10-11,14,16H,5,8-9H2,1-3H3. The Bertz CT molecular complexity index is 448. The molecule has 0 spiro atoms. The molecule has 1 aromatic carbocycles. The van der Waals surface area contributed by atoms with Crippen molar-refractivity contribution >= 4 is 5.91 Å². The molecule has 1 aliphatic rings. The van der Waals surface area contributed by atoms with Crippen LogP contribution in [0.25, 0.3) is 0 Å². The van der Waals surface area contributed by atoms with Gasteiger partial charge in [0.05, 0.1) is 19.2 Å². The highest BCUT2D eigenvalue weighted by Gasteiger charge is 2.31. The highest BCUT2D eigenvalue weighted by molar-refractivity contribution is 5.82. The maximum atomic E-state index is 12.3. The third-order valence-corrected chi connectivity index (χ3v) is 3.82. The zero-order valence-corrected chi connectivity index (χ0v) is 11.8. The van der Waals surface area contributed by atoms with Gasteiger partial charge in [-0.25, -0.2) is 0 Å². The number of nitrogens with zero attached hydrogens (tertiary/aromatic N) is 1. The van der Waals surface area contributed by atoms with Gasteiger partial charge in [-0.3, -0.25) is 4.79 Å². The topological polar surface area (TPSA) is 41.6 Å². The maximum Gasteiger partial charge on any atom is 0.239 e. The van der Waals surface area contributed by atoms with Crippen molar-refractivity contribution < 1.29 is 9.53 Å². The summed E-state index contributed by atoms with van der Waals surface area (Å²) in [5, 5.41) is 3.02.